The summed E-state index contributed by atoms with van der Waals surface area (Å²) in [6, 6.07) is 0. The maximum atomic E-state index is 12.4. The molecule has 0 unspecified atom stereocenters. The van der Waals surface area contributed by atoms with Gasteiger partial charge in [0.05, 0.1) is 22.5 Å². The number of primary amides is 1. The highest BCUT2D eigenvalue weighted by molar-refractivity contribution is 7.17. The van der Waals surface area contributed by atoms with Crippen molar-refractivity contribution in [2.45, 2.75) is 59.2 Å². The lowest BCUT2D eigenvalue weighted by molar-refractivity contribution is -0.135. The molecule has 2 rings (SSSR count). The minimum Gasteiger partial charge on any atom is -0.384 e. The molecule has 1 aliphatic rings. The summed E-state index contributed by atoms with van der Waals surface area (Å²) in [5, 5.41) is 6.05. The average Bonchev–Trinajstić information content (AvgIpc) is 2.91. The number of nitrogens with one attached hydrogen (secondary N) is 2. The van der Waals surface area contributed by atoms with Crippen LogP contribution in [0.2, 0.25) is 0 Å². The lowest BCUT2D eigenvalue weighted by Gasteiger charge is -2.41. The molecular weight excluding hydrogens is 362 g/mol. The summed E-state index contributed by atoms with van der Waals surface area (Å²) < 4.78 is 6.16. The van der Waals surface area contributed by atoms with Crippen molar-refractivity contribution in [1.29, 1.82) is 0 Å². The molecule has 2 amide bonds. The van der Waals surface area contributed by atoms with Gasteiger partial charge in [-0.15, -0.1) is 11.3 Å². The van der Waals surface area contributed by atoms with E-state index in [1.165, 1.54) is 17.4 Å². The number of hydrogen-bond donors (Lipinski definition) is 3. The van der Waals surface area contributed by atoms with Gasteiger partial charge in [-0.1, -0.05) is 26.5 Å². The number of anilines is 1. The van der Waals surface area contributed by atoms with Crippen LogP contribution in [-0.4, -0.2) is 24.5 Å². The molecule has 4 N–H and O–H groups in total. The number of allylic oxidation sites excluding steroid dienone is 2. The highest BCUT2D eigenvalue weighted by Gasteiger charge is 2.42. The smallest absolute Gasteiger partial charge is 0.272 e. The molecule has 0 bridgehead atoms. The first-order valence-electron chi connectivity index (χ1n) is 9.00. The second-order valence-corrected chi connectivity index (χ2v) is 8.07. The summed E-state index contributed by atoms with van der Waals surface area (Å²) in [6.07, 6.45) is 3.63. The Hall–Kier alpha value is -2.12. The van der Waals surface area contributed by atoms with Crippen molar-refractivity contribution < 1.29 is 14.3 Å². The van der Waals surface area contributed by atoms with Crippen molar-refractivity contribution >= 4 is 28.2 Å². The molecule has 0 radical (unpaired) electrons. The van der Waals surface area contributed by atoms with E-state index in [1.807, 2.05) is 41.5 Å². The largest absolute Gasteiger partial charge is 0.384 e. The predicted octanol–water partition coefficient (Wildman–Crippen LogP) is 3.69. The molecule has 0 fully saturated rings. The van der Waals surface area contributed by atoms with Crippen LogP contribution in [0, 0.1) is 0 Å². The van der Waals surface area contributed by atoms with Crippen LogP contribution >= 0.6 is 11.3 Å². The zero-order valence-corrected chi connectivity index (χ0v) is 18.1. The molecule has 0 atom stereocenters. The number of rotatable bonds is 5. The molecule has 150 valence electrons. The van der Waals surface area contributed by atoms with Gasteiger partial charge in [-0.05, 0) is 39.3 Å². The molecule has 0 saturated heterocycles. The van der Waals surface area contributed by atoms with Gasteiger partial charge in [-0.25, -0.2) is 0 Å². The van der Waals surface area contributed by atoms with Gasteiger partial charge >= 0.3 is 0 Å². The average molecular weight is 394 g/mol. The second kappa shape index (κ2) is 8.71. The Kier molecular flexibility index (Phi) is 7.40. The highest BCUT2D eigenvalue weighted by Crippen LogP contribution is 2.48. The molecule has 2 heterocycles. The number of hydrogen-bond acceptors (Lipinski definition) is 5. The Morgan fingerprint density at radius 2 is 1.85 bits per heavy atom. The van der Waals surface area contributed by atoms with E-state index in [9.17, 15) is 9.59 Å². The molecule has 1 aromatic rings. The first-order chi connectivity index (χ1) is 12.5. The van der Waals surface area contributed by atoms with Gasteiger partial charge in [0.15, 0.2) is 0 Å². The number of ether oxygens (including phenoxy) is 1. The molecule has 0 saturated carbocycles. The van der Waals surface area contributed by atoms with Crippen molar-refractivity contribution in [1.82, 2.24) is 5.32 Å². The lowest BCUT2D eigenvalue weighted by atomic mass is 9.86. The first-order valence-corrected chi connectivity index (χ1v) is 9.82. The molecule has 7 heteroatoms. The van der Waals surface area contributed by atoms with E-state index in [4.69, 9.17) is 10.5 Å². The number of carbonyl (C=O) groups excluding carboxylic acids is 2. The third kappa shape index (κ3) is 4.99. The van der Waals surface area contributed by atoms with Gasteiger partial charge in [0, 0.05) is 18.3 Å². The second-order valence-electron chi connectivity index (χ2n) is 7.05. The summed E-state index contributed by atoms with van der Waals surface area (Å²) in [5.41, 5.74) is 6.19. The van der Waals surface area contributed by atoms with Crippen LogP contribution in [0.4, 0.5) is 5.00 Å². The standard InChI is InChI=1S/C18H25N3O3S.C2H6/c1-7-8-11(20-6)15(23)21-16-12(14(19)22)10-9-17(2,3)24-18(4,5)13(10)25-16;1-2/h7-8,20H,1,9H2,2-6H3,(H2,19,22)(H,21,23);1-2H3/b11-8-;. The molecular formula is C20H31N3O3S. The summed E-state index contributed by atoms with van der Waals surface area (Å²) in [4.78, 5) is 25.5. The molecule has 27 heavy (non-hydrogen) atoms. The Bertz CT molecular complexity index is 761. The van der Waals surface area contributed by atoms with Crippen molar-refractivity contribution in [2.24, 2.45) is 5.73 Å². The minimum atomic E-state index is -0.572. The van der Waals surface area contributed by atoms with Crippen LogP contribution in [0.1, 0.15) is 62.3 Å². The molecule has 6 nitrogen and oxygen atoms in total. The van der Waals surface area contributed by atoms with E-state index in [-0.39, 0.29) is 5.91 Å². The minimum absolute atomic E-state index is 0.340. The van der Waals surface area contributed by atoms with Crippen LogP contribution in [0.5, 0.6) is 0 Å². The van der Waals surface area contributed by atoms with Gasteiger partial charge in [-0.2, -0.15) is 0 Å². The van der Waals surface area contributed by atoms with E-state index in [1.54, 1.807) is 13.1 Å². The number of thiophene rings is 1. The van der Waals surface area contributed by atoms with Gasteiger partial charge in [0.25, 0.3) is 11.8 Å². The predicted molar refractivity (Wildman–Crippen MR) is 112 cm³/mol. The number of fused-ring (bicyclic) bond motifs is 1. The zero-order valence-electron chi connectivity index (χ0n) is 17.3. The quantitative estimate of drug-likeness (QED) is 0.525. The number of amides is 2. The normalized spacial score (nSPS) is 17.1. The van der Waals surface area contributed by atoms with Crippen molar-refractivity contribution in [3.63, 3.8) is 0 Å². The third-order valence-corrected chi connectivity index (χ3v) is 5.41. The summed E-state index contributed by atoms with van der Waals surface area (Å²) in [6.45, 7) is 15.4. The molecule has 0 aromatic carbocycles. The van der Waals surface area contributed by atoms with Crippen molar-refractivity contribution in [3.05, 3.63) is 40.4 Å². The lowest BCUT2D eigenvalue weighted by Crippen LogP contribution is -2.42. The fourth-order valence-electron chi connectivity index (χ4n) is 3.23. The molecule has 0 aliphatic carbocycles. The Morgan fingerprint density at radius 1 is 1.26 bits per heavy atom. The van der Waals surface area contributed by atoms with Gasteiger partial charge in [-0.3, -0.25) is 9.59 Å². The first kappa shape index (κ1) is 22.9. The molecule has 1 aromatic heterocycles. The van der Waals surface area contributed by atoms with E-state index in [0.717, 1.165) is 10.4 Å². The van der Waals surface area contributed by atoms with E-state index >= 15 is 0 Å². The van der Waals surface area contributed by atoms with Crippen LogP contribution in [0.25, 0.3) is 0 Å². The maximum Gasteiger partial charge on any atom is 0.272 e. The van der Waals surface area contributed by atoms with E-state index < -0.39 is 17.1 Å². The Labute approximate surface area is 165 Å². The Balaban J connectivity index is 0.00000176. The summed E-state index contributed by atoms with van der Waals surface area (Å²) in [5.74, 6) is -0.915. The van der Waals surface area contributed by atoms with Gasteiger partial charge in [0.2, 0.25) is 0 Å². The fraction of sp³-hybridized carbons (Fsp3) is 0.500. The number of nitrogens with two attached hydrogens (primary N) is 1. The maximum absolute atomic E-state index is 12.4. The van der Waals surface area contributed by atoms with Crippen LogP contribution < -0.4 is 16.4 Å². The number of likely N-dealkylation sites (N-methyl/N-ethyl adjacent to an activating group) is 1. The number of carbonyl (C=O) groups is 2. The van der Waals surface area contributed by atoms with E-state index in [0.29, 0.717) is 22.7 Å². The SMILES string of the molecule is C=C/C=C(\NC)C(=O)Nc1sc2c(c1C(N)=O)CC(C)(C)OC2(C)C.CC. The zero-order chi connectivity index (χ0) is 21.0. The van der Waals surface area contributed by atoms with Gasteiger partial charge < -0.3 is 21.1 Å². The molecule has 1 aliphatic heterocycles. The van der Waals surface area contributed by atoms with Crippen LogP contribution in [0.15, 0.2) is 24.4 Å². The summed E-state index contributed by atoms with van der Waals surface area (Å²) in [7, 11) is 1.64. The van der Waals surface area contributed by atoms with E-state index in [2.05, 4.69) is 17.2 Å². The molecule has 0 spiro atoms. The van der Waals surface area contributed by atoms with Crippen LogP contribution in [0.3, 0.4) is 0 Å². The van der Waals surface area contributed by atoms with Crippen molar-refractivity contribution in [3.8, 4) is 0 Å². The Morgan fingerprint density at radius 3 is 2.33 bits per heavy atom. The van der Waals surface area contributed by atoms with Crippen LogP contribution in [-0.2, 0) is 21.6 Å². The monoisotopic (exact) mass is 393 g/mol. The topological polar surface area (TPSA) is 93.5 Å². The summed E-state index contributed by atoms with van der Waals surface area (Å²) >= 11 is 1.33. The highest BCUT2D eigenvalue weighted by atomic mass is 32.1. The fourth-order valence-corrected chi connectivity index (χ4v) is 4.49. The third-order valence-electron chi connectivity index (χ3n) is 3.96. The van der Waals surface area contributed by atoms with Crippen molar-refractivity contribution in [2.75, 3.05) is 12.4 Å². The van der Waals surface area contributed by atoms with Gasteiger partial charge in [0.1, 0.15) is 5.00 Å².